The Morgan fingerprint density at radius 2 is 1.68 bits per heavy atom. The van der Waals surface area contributed by atoms with Crippen molar-refractivity contribution in [3.8, 4) is 0 Å². The third-order valence-electron chi connectivity index (χ3n) is 5.73. The van der Waals surface area contributed by atoms with Gasteiger partial charge in [-0.1, -0.05) is 42.5 Å². The summed E-state index contributed by atoms with van der Waals surface area (Å²) in [6.07, 6.45) is 1.55. The summed E-state index contributed by atoms with van der Waals surface area (Å²) in [7, 11) is 5.75. The number of anilines is 2. The first kappa shape index (κ1) is 25.1. The summed E-state index contributed by atoms with van der Waals surface area (Å²) in [5.74, 6) is -0.936. The molecule has 0 spiro atoms. The van der Waals surface area contributed by atoms with E-state index in [9.17, 15) is 19.2 Å². The lowest BCUT2D eigenvalue weighted by molar-refractivity contribution is -0.115. The van der Waals surface area contributed by atoms with Crippen LogP contribution in [0.25, 0.3) is 11.2 Å². The van der Waals surface area contributed by atoms with Gasteiger partial charge in [-0.3, -0.25) is 18.7 Å². The van der Waals surface area contributed by atoms with Crippen molar-refractivity contribution in [2.45, 2.75) is 0 Å². The van der Waals surface area contributed by atoms with Crippen LogP contribution in [0.15, 0.2) is 69.3 Å². The minimum Gasteiger partial charge on any atom is -0.465 e. The van der Waals surface area contributed by atoms with Gasteiger partial charge in [0, 0.05) is 21.1 Å². The summed E-state index contributed by atoms with van der Waals surface area (Å²) in [5, 5.41) is 8.47. The second-order valence-corrected chi connectivity index (χ2v) is 8.15. The average Bonchev–Trinajstić information content (AvgIpc) is 3.26. The first-order chi connectivity index (χ1) is 17.7. The number of imidazole rings is 1. The molecule has 1 N–H and O–H groups in total. The van der Waals surface area contributed by atoms with Gasteiger partial charge in [0.2, 0.25) is 11.9 Å². The summed E-state index contributed by atoms with van der Waals surface area (Å²) < 4.78 is 8.52. The minimum atomic E-state index is -0.595. The molecule has 0 atom stereocenters. The van der Waals surface area contributed by atoms with E-state index < -0.39 is 23.1 Å². The Kier molecular flexibility index (Phi) is 7.00. The Morgan fingerprint density at radius 1 is 1.00 bits per heavy atom. The maximum absolute atomic E-state index is 13.1. The molecule has 12 nitrogen and oxygen atoms in total. The normalized spacial score (nSPS) is 11.1. The number of ether oxygens (including phenoxy) is 1. The number of hydrogen-bond donors (Lipinski definition) is 1. The molecule has 2 aromatic heterocycles. The third kappa shape index (κ3) is 4.89. The average molecular weight is 504 g/mol. The van der Waals surface area contributed by atoms with Gasteiger partial charge in [0.05, 0.1) is 24.6 Å². The highest BCUT2D eigenvalue weighted by atomic mass is 16.5. The highest BCUT2D eigenvalue weighted by Crippen LogP contribution is 2.20. The van der Waals surface area contributed by atoms with Gasteiger partial charge in [-0.2, -0.15) is 10.1 Å². The van der Waals surface area contributed by atoms with Crippen molar-refractivity contribution in [3.63, 3.8) is 0 Å². The highest BCUT2D eigenvalue weighted by molar-refractivity contribution is 6.02. The first-order valence-corrected chi connectivity index (χ1v) is 11.2. The molecule has 0 aliphatic rings. The van der Waals surface area contributed by atoms with Crippen molar-refractivity contribution in [2.24, 2.45) is 26.2 Å². The number of hydrogen-bond acceptors (Lipinski definition) is 8. The molecule has 0 saturated carbocycles. The maximum atomic E-state index is 13.1. The number of hydrazone groups is 1. The van der Waals surface area contributed by atoms with Gasteiger partial charge in [-0.15, -0.1) is 0 Å². The number of methoxy groups -OCH3 is 1. The van der Waals surface area contributed by atoms with Crippen molar-refractivity contribution in [1.82, 2.24) is 18.7 Å². The Labute approximate surface area is 211 Å². The minimum absolute atomic E-state index is 0.155. The number of fused-ring (bicyclic) bond motifs is 1. The molecule has 37 heavy (non-hydrogen) atoms. The molecule has 4 aromatic rings. The fourth-order valence-electron chi connectivity index (χ4n) is 3.78. The lowest BCUT2D eigenvalue weighted by atomic mass is 10.2. The fraction of sp³-hybridized carbons (Fsp3) is 0.200. The molecule has 190 valence electrons. The zero-order valence-corrected chi connectivity index (χ0v) is 20.7. The fourth-order valence-corrected chi connectivity index (χ4v) is 3.78. The van der Waals surface area contributed by atoms with Crippen molar-refractivity contribution in [3.05, 3.63) is 86.6 Å². The summed E-state index contributed by atoms with van der Waals surface area (Å²) in [5.41, 5.74) is 0.511. The Balaban J connectivity index is 1.76. The van der Waals surface area contributed by atoms with Gasteiger partial charge in [0.15, 0.2) is 11.2 Å². The molecule has 0 radical (unpaired) electrons. The first-order valence-electron chi connectivity index (χ1n) is 11.2. The molecule has 0 aliphatic carbocycles. The van der Waals surface area contributed by atoms with E-state index in [0.717, 1.165) is 10.1 Å². The smallest absolute Gasteiger partial charge is 0.339 e. The highest BCUT2D eigenvalue weighted by Gasteiger charge is 2.23. The predicted octanol–water partition coefficient (Wildman–Crippen LogP) is 1.24. The molecule has 1 amide bonds. The van der Waals surface area contributed by atoms with Crippen LogP contribution in [0.4, 0.5) is 11.6 Å². The van der Waals surface area contributed by atoms with Crippen LogP contribution in [0.3, 0.4) is 0 Å². The van der Waals surface area contributed by atoms with Gasteiger partial charge in [0.1, 0.15) is 6.54 Å². The van der Waals surface area contributed by atoms with Crippen molar-refractivity contribution >= 4 is 40.9 Å². The zero-order chi connectivity index (χ0) is 26.7. The van der Waals surface area contributed by atoms with Gasteiger partial charge in [-0.05, 0) is 17.7 Å². The van der Waals surface area contributed by atoms with Crippen LogP contribution >= 0.6 is 0 Å². The number of carbonyl (C=O) groups excluding carboxylic acids is 2. The SMILES string of the molecule is COC(=O)c1ccccc1NC(=O)CN(/N=C/c1ccccc1)c1nc2c(c(=O)n(C)c(=O)n2C)n1C. The van der Waals surface area contributed by atoms with Crippen LogP contribution in [0.5, 0.6) is 0 Å². The Hall–Kier alpha value is -5.00. The molecule has 0 unspecified atom stereocenters. The second kappa shape index (κ2) is 10.3. The van der Waals surface area contributed by atoms with Crippen molar-refractivity contribution in [2.75, 3.05) is 24.0 Å². The number of amides is 1. The van der Waals surface area contributed by atoms with Gasteiger partial charge in [-0.25, -0.2) is 14.6 Å². The number of nitrogens with zero attached hydrogens (tertiary/aromatic N) is 6. The number of esters is 1. The van der Waals surface area contributed by atoms with E-state index >= 15 is 0 Å². The molecule has 12 heteroatoms. The van der Waals surface area contributed by atoms with Crippen LogP contribution < -0.4 is 21.6 Å². The molecule has 2 aromatic carbocycles. The lowest BCUT2D eigenvalue weighted by Gasteiger charge is -2.18. The molecular formula is C25H25N7O5. The predicted molar refractivity (Wildman–Crippen MR) is 139 cm³/mol. The molecule has 0 fully saturated rings. The number of aryl methyl sites for hydroxylation is 2. The van der Waals surface area contributed by atoms with Crippen molar-refractivity contribution in [1.29, 1.82) is 0 Å². The number of nitrogens with one attached hydrogen (secondary N) is 1. The van der Waals surface area contributed by atoms with E-state index in [0.29, 0.717) is 0 Å². The second-order valence-electron chi connectivity index (χ2n) is 8.15. The molecule has 0 bridgehead atoms. The van der Waals surface area contributed by atoms with Crippen LogP contribution in [-0.4, -0.2) is 50.4 Å². The zero-order valence-electron chi connectivity index (χ0n) is 20.7. The van der Waals surface area contributed by atoms with Gasteiger partial charge in [0.25, 0.3) is 5.56 Å². The number of benzene rings is 2. The van der Waals surface area contributed by atoms with Crippen LogP contribution in [0, 0.1) is 0 Å². The summed E-state index contributed by atoms with van der Waals surface area (Å²) >= 11 is 0. The van der Waals surface area contributed by atoms with Crippen LogP contribution in [0.2, 0.25) is 0 Å². The third-order valence-corrected chi connectivity index (χ3v) is 5.73. The van der Waals surface area contributed by atoms with E-state index in [1.807, 2.05) is 30.3 Å². The van der Waals surface area contributed by atoms with Crippen LogP contribution in [0.1, 0.15) is 15.9 Å². The van der Waals surface area contributed by atoms with E-state index in [1.54, 1.807) is 31.5 Å². The molecule has 4 rings (SSSR count). The number of carbonyl (C=O) groups is 2. The van der Waals surface area contributed by atoms with E-state index in [1.165, 1.54) is 41.4 Å². The molecule has 0 saturated heterocycles. The standard InChI is InChI=1S/C25H25N7O5/c1-29-20-21(30(2)25(36)31(3)22(20)34)28-24(29)32(26-14-16-10-6-5-7-11-16)15-19(33)27-18-13-9-8-12-17(18)23(35)37-4/h5-14H,15H2,1-4H3,(H,27,33)/b26-14+. The van der Waals surface area contributed by atoms with Crippen LogP contribution in [-0.2, 0) is 30.7 Å². The van der Waals surface area contributed by atoms with Crippen molar-refractivity contribution < 1.29 is 14.3 Å². The summed E-state index contributed by atoms with van der Waals surface area (Å²) in [6, 6.07) is 15.7. The Morgan fingerprint density at radius 3 is 2.38 bits per heavy atom. The van der Waals surface area contributed by atoms with E-state index in [-0.39, 0.29) is 34.9 Å². The molecular weight excluding hydrogens is 478 g/mol. The number of aromatic nitrogens is 4. The monoisotopic (exact) mass is 503 g/mol. The Bertz CT molecular complexity index is 1630. The quantitative estimate of drug-likeness (QED) is 0.228. The number of rotatable bonds is 7. The van der Waals surface area contributed by atoms with Gasteiger partial charge < -0.3 is 14.6 Å². The summed E-state index contributed by atoms with van der Waals surface area (Å²) in [4.78, 5) is 54.9. The van der Waals surface area contributed by atoms with Gasteiger partial charge >= 0.3 is 11.7 Å². The maximum Gasteiger partial charge on any atom is 0.339 e. The molecule has 2 heterocycles. The van der Waals surface area contributed by atoms with E-state index in [2.05, 4.69) is 15.4 Å². The lowest BCUT2D eigenvalue weighted by Crippen LogP contribution is -2.37. The molecule has 0 aliphatic heterocycles. The topological polar surface area (TPSA) is 133 Å². The van der Waals surface area contributed by atoms with E-state index in [4.69, 9.17) is 4.74 Å². The summed E-state index contributed by atoms with van der Waals surface area (Å²) in [6.45, 7) is -0.315. The number of para-hydroxylation sites is 1. The largest absolute Gasteiger partial charge is 0.465 e.